The van der Waals surface area contributed by atoms with E-state index >= 15 is 0 Å². The molecule has 1 atom stereocenters. The molecule has 3 heteroatoms. The lowest BCUT2D eigenvalue weighted by Crippen LogP contribution is -2.49. The molecule has 19 heavy (non-hydrogen) atoms. The molecule has 1 aromatic rings. The normalized spacial score (nSPS) is 20.2. The number of aryl methyl sites for hydroxylation is 1. The maximum absolute atomic E-state index is 13.4. The molecular formula is C16H25FN2. The smallest absolute Gasteiger partial charge is 0.123 e. The van der Waals surface area contributed by atoms with Crippen molar-refractivity contribution in [3.63, 3.8) is 0 Å². The van der Waals surface area contributed by atoms with E-state index < -0.39 is 0 Å². The first-order chi connectivity index (χ1) is 9.05. The van der Waals surface area contributed by atoms with Gasteiger partial charge in [0.05, 0.1) is 0 Å². The van der Waals surface area contributed by atoms with E-state index in [1.807, 2.05) is 13.0 Å². The van der Waals surface area contributed by atoms with Crippen LogP contribution < -0.4 is 11.3 Å². The van der Waals surface area contributed by atoms with Gasteiger partial charge < -0.3 is 0 Å². The second kappa shape index (κ2) is 6.02. The predicted octanol–water partition coefficient (Wildman–Crippen LogP) is 3.48. The van der Waals surface area contributed by atoms with Crippen LogP contribution in [0.25, 0.3) is 0 Å². The van der Waals surface area contributed by atoms with Gasteiger partial charge in [-0.2, -0.15) is 0 Å². The quantitative estimate of drug-likeness (QED) is 0.645. The number of halogens is 1. The van der Waals surface area contributed by atoms with Crippen molar-refractivity contribution in [2.45, 2.75) is 58.4 Å². The Labute approximate surface area is 115 Å². The van der Waals surface area contributed by atoms with Crippen LogP contribution in [0.3, 0.4) is 0 Å². The molecule has 2 rings (SSSR count). The molecule has 106 valence electrons. The highest BCUT2D eigenvalue weighted by Crippen LogP contribution is 2.39. The average molecular weight is 264 g/mol. The molecule has 2 nitrogen and oxygen atoms in total. The van der Waals surface area contributed by atoms with Crippen LogP contribution in [0.2, 0.25) is 0 Å². The van der Waals surface area contributed by atoms with Crippen LogP contribution in [-0.4, -0.2) is 6.04 Å². The number of benzene rings is 1. The van der Waals surface area contributed by atoms with Crippen molar-refractivity contribution in [2.24, 2.45) is 11.3 Å². The third-order valence-electron chi connectivity index (χ3n) is 4.77. The molecule has 0 bridgehead atoms. The third-order valence-corrected chi connectivity index (χ3v) is 4.77. The first-order valence-corrected chi connectivity index (χ1v) is 7.26. The maximum atomic E-state index is 13.4. The van der Waals surface area contributed by atoms with Gasteiger partial charge in [-0.15, -0.1) is 0 Å². The third kappa shape index (κ3) is 3.34. The van der Waals surface area contributed by atoms with Gasteiger partial charge in [0.25, 0.3) is 0 Å². The zero-order chi connectivity index (χ0) is 13.9. The fraction of sp³-hybridized carbons (Fsp3) is 0.625. The minimum absolute atomic E-state index is 0.162. The summed E-state index contributed by atoms with van der Waals surface area (Å²) in [6.45, 7) is 4.34. The molecule has 0 heterocycles. The fourth-order valence-electron chi connectivity index (χ4n) is 3.29. The van der Waals surface area contributed by atoms with Crippen LogP contribution in [0, 0.1) is 18.2 Å². The summed E-state index contributed by atoms with van der Waals surface area (Å²) < 4.78 is 13.4. The fourth-order valence-corrected chi connectivity index (χ4v) is 3.29. The van der Waals surface area contributed by atoms with Crippen LogP contribution in [0.5, 0.6) is 0 Å². The largest absolute Gasteiger partial charge is 0.271 e. The first kappa shape index (κ1) is 14.5. The van der Waals surface area contributed by atoms with Gasteiger partial charge in [-0.25, -0.2) is 4.39 Å². The van der Waals surface area contributed by atoms with Crippen molar-refractivity contribution in [3.05, 3.63) is 35.1 Å². The summed E-state index contributed by atoms with van der Waals surface area (Å²) in [6, 6.07) is 5.23. The van der Waals surface area contributed by atoms with Gasteiger partial charge in [0.15, 0.2) is 0 Å². The van der Waals surface area contributed by atoms with Crippen LogP contribution in [0.15, 0.2) is 18.2 Å². The lowest BCUT2D eigenvalue weighted by molar-refractivity contribution is 0.144. The van der Waals surface area contributed by atoms with Gasteiger partial charge in [-0.05, 0) is 54.9 Å². The van der Waals surface area contributed by atoms with E-state index in [1.165, 1.54) is 38.2 Å². The Morgan fingerprint density at radius 1 is 1.32 bits per heavy atom. The van der Waals surface area contributed by atoms with Crippen LogP contribution in [-0.2, 0) is 6.42 Å². The summed E-state index contributed by atoms with van der Waals surface area (Å²) >= 11 is 0. The molecule has 0 radical (unpaired) electrons. The van der Waals surface area contributed by atoms with Crippen LogP contribution in [0.4, 0.5) is 4.39 Å². The van der Waals surface area contributed by atoms with Crippen LogP contribution in [0.1, 0.15) is 50.2 Å². The maximum Gasteiger partial charge on any atom is 0.123 e. The summed E-state index contributed by atoms with van der Waals surface area (Å²) in [4.78, 5) is 0. The van der Waals surface area contributed by atoms with E-state index in [9.17, 15) is 4.39 Å². The van der Waals surface area contributed by atoms with E-state index in [1.54, 1.807) is 6.07 Å². The summed E-state index contributed by atoms with van der Waals surface area (Å²) in [7, 11) is 0. The van der Waals surface area contributed by atoms with Crippen molar-refractivity contribution in [2.75, 3.05) is 0 Å². The zero-order valence-corrected chi connectivity index (χ0v) is 12.0. The van der Waals surface area contributed by atoms with Gasteiger partial charge in [-0.1, -0.05) is 32.3 Å². The van der Waals surface area contributed by atoms with Gasteiger partial charge in [0.2, 0.25) is 0 Å². The number of nitrogens with one attached hydrogen (secondary N) is 1. The minimum atomic E-state index is -0.162. The standard InChI is InChI=1S/C16H25FN2/c1-12-6-7-14(17)10-13(12)11-15(19-18)16(2)8-4-3-5-9-16/h6-7,10,15,19H,3-5,8-9,11,18H2,1-2H3. The number of hydrogen-bond donors (Lipinski definition) is 2. The molecule has 1 aromatic carbocycles. The molecular weight excluding hydrogens is 239 g/mol. The van der Waals surface area contributed by atoms with E-state index in [-0.39, 0.29) is 17.3 Å². The summed E-state index contributed by atoms with van der Waals surface area (Å²) in [5, 5.41) is 0. The topological polar surface area (TPSA) is 38.0 Å². The number of rotatable bonds is 4. The summed E-state index contributed by atoms with van der Waals surface area (Å²) in [5.41, 5.74) is 5.42. The van der Waals surface area contributed by atoms with Crippen molar-refractivity contribution in [1.29, 1.82) is 0 Å². The molecule has 0 saturated heterocycles. The molecule has 3 N–H and O–H groups in total. The predicted molar refractivity (Wildman–Crippen MR) is 77.1 cm³/mol. The summed E-state index contributed by atoms with van der Waals surface area (Å²) in [6.07, 6.45) is 7.09. The number of hydrazine groups is 1. The molecule has 1 fully saturated rings. The average Bonchev–Trinajstić information content (AvgIpc) is 2.40. The highest BCUT2D eigenvalue weighted by Gasteiger charge is 2.35. The van der Waals surface area contributed by atoms with Gasteiger partial charge >= 0.3 is 0 Å². The van der Waals surface area contributed by atoms with Crippen molar-refractivity contribution in [3.8, 4) is 0 Å². The molecule has 1 aliphatic carbocycles. The number of nitrogens with two attached hydrogens (primary N) is 1. The second-order valence-corrected chi connectivity index (χ2v) is 6.21. The van der Waals surface area contributed by atoms with E-state index in [4.69, 9.17) is 5.84 Å². The van der Waals surface area contributed by atoms with E-state index in [2.05, 4.69) is 12.3 Å². The Morgan fingerprint density at radius 3 is 2.63 bits per heavy atom. The first-order valence-electron chi connectivity index (χ1n) is 7.26. The van der Waals surface area contributed by atoms with Crippen molar-refractivity contribution >= 4 is 0 Å². The lowest BCUT2D eigenvalue weighted by atomic mass is 9.69. The Hall–Kier alpha value is -0.930. The molecule has 0 spiro atoms. The van der Waals surface area contributed by atoms with Gasteiger partial charge in [0, 0.05) is 6.04 Å². The Bertz CT molecular complexity index is 425. The minimum Gasteiger partial charge on any atom is -0.271 e. The van der Waals surface area contributed by atoms with E-state index in [0.29, 0.717) is 0 Å². The Morgan fingerprint density at radius 2 is 2.00 bits per heavy atom. The van der Waals surface area contributed by atoms with E-state index in [0.717, 1.165) is 17.5 Å². The second-order valence-electron chi connectivity index (χ2n) is 6.21. The molecule has 1 unspecified atom stereocenters. The molecule has 0 aromatic heterocycles. The lowest BCUT2D eigenvalue weighted by Gasteiger charge is -2.40. The highest BCUT2D eigenvalue weighted by atomic mass is 19.1. The number of hydrogen-bond acceptors (Lipinski definition) is 2. The molecule has 0 amide bonds. The van der Waals surface area contributed by atoms with Crippen molar-refractivity contribution in [1.82, 2.24) is 5.43 Å². The molecule has 0 aliphatic heterocycles. The molecule has 1 saturated carbocycles. The monoisotopic (exact) mass is 264 g/mol. The Kier molecular flexibility index (Phi) is 4.58. The van der Waals surface area contributed by atoms with Crippen molar-refractivity contribution < 1.29 is 4.39 Å². The van der Waals surface area contributed by atoms with Gasteiger partial charge in [0.1, 0.15) is 5.82 Å². The van der Waals surface area contributed by atoms with Crippen LogP contribution >= 0.6 is 0 Å². The highest BCUT2D eigenvalue weighted by molar-refractivity contribution is 5.27. The summed E-state index contributed by atoms with van der Waals surface area (Å²) in [5.74, 6) is 5.62. The SMILES string of the molecule is Cc1ccc(F)cc1CC(NN)C1(C)CCCCC1. The van der Waals surface area contributed by atoms with Gasteiger partial charge in [-0.3, -0.25) is 11.3 Å². The zero-order valence-electron chi connectivity index (χ0n) is 12.0. The molecule has 1 aliphatic rings. The Balaban J connectivity index is 2.16.